The van der Waals surface area contributed by atoms with Crippen molar-refractivity contribution in [3.05, 3.63) is 89.5 Å². The molecule has 1 aromatic carbocycles. The number of benzene rings is 1. The number of hydrogen-bond donors (Lipinski definition) is 2. The molecule has 2 amide bonds. The number of furan rings is 2. The Kier molecular flexibility index (Phi) is 6.77. The van der Waals surface area contributed by atoms with Crippen LogP contribution in [0.15, 0.2) is 69.8 Å². The number of nitrogens with zero attached hydrogens (tertiary/aromatic N) is 2. The van der Waals surface area contributed by atoms with Gasteiger partial charge in [-0.1, -0.05) is 32.9 Å². The largest absolute Gasteiger partial charge is 0.486 e. The van der Waals surface area contributed by atoms with Crippen LogP contribution >= 0.6 is 0 Å². The Labute approximate surface area is 203 Å². The maximum Gasteiger partial charge on any atom is 0.291 e. The fourth-order valence-electron chi connectivity index (χ4n) is 3.38. The quantitative estimate of drug-likeness (QED) is 0.382. The van der Waals surface area contributed by atoms with Crippen molar-refractivity contribution < 1.29 is 23.2 Å². The lowest BCUT2D eigenvalue weighted by Crippen LogP contribution is -2.25. The van der Waals surface area contributed by atoms with Gasteiger partial charge >= 0.3 is 0 Å². The van der Waals surface area contributed by atoms with E-state index in [2.05, 4.69) is 36.5 Å². The summed E-state index contributed by atoms with van der Waals surface area (Å²) in [5.41, 5.74) is 1.63. The second kappa shape index (κ2) is 9.92. The summed E-state index contributed by atoms with van der Waals surface area (Å²) in [6.45, 7) is 6.84. The SMILES string of the molecule is Cn1cc(NC(=O)c2ccc(COc3ccc(C(C)(C)C)cc3)o2)c(C(=O)NCc2ccco2)n1. The van der Waals surface area contributed by atoms with Crippen molar-refractivity contribution in [3.8, 4) is 5.75 Å². The Morgan fingerprint density at radius 3 is 2.49 bits per heavy atom. The van der Waals surface area contributed by atoms with E-state index in [1.54, 1.807) is 37.5 Å². The summed E-state index contributed by atoms with van der Waals surface area (Å²) in [7, 11) is 1.66. The van der Waals surface area contributed by atoms with Crippen LogP contribution in [0.1, 0.15) is 58.9 Å². The first-order valence-electron chi connectivity index (χ1n) is 11.2. The van der Waals surface area contributed by atoms with Gasteiger partial charge < -0.3 is 24.2 Å². The molecule has 0 aliphatic heterocycles. The van der Waals surface area contributed by atoms with E-state index in [9.17, 15) is 9.59 Å². The maximum absolute atomic E-state index is 12.7. The Morgan fingerprint density at radius 1 is 1.03 bits per heavy atom. The van der Waals surface area contributed by atoms with Crippen molar-refractivity contribution in [1.82, 2.24) is 15.1 Å². The van der Waals surface area contributed by atoms with Gasteiger partial charge in [0.1, 0.15) is 23.9 Å². The minimum Gasteiger partial charge on any atom is -0.486 e. The predicted molar refractivity (Wildman–Crippen MR) is 129 cm³/mol. The summed E-state index contributed by atoms with van der Waals surface area (Å²) >= 11 is 0. The molecule has 3 heterocycles. The van der Waals surface area contributed by atoms with Crippen LogP contribution in [-0.2, 0) is 25.6 Å². The van der Waals surface area contributed by atoms with Gasteiger partial charge in [0.25, 0.3) is 11.8 Å². The number of aromatic nitrogens is 2. The lowest BCUT2D eigenvalue weighted by Gasteiger charge is -2.19. The molecule has 0 atom stereocenters. The third-order valence-corrected chi connectivity index (χ3v) is 5.28. The van der Waals surface area contributed by atoms with Gasteiger partial charge in [0.15, 0.2) is 11.5 Å². The molecule has 0 radical (unpaired) electrons. The number of ether oxygens (including phenoxy) is 1. The van der Waals surface area contributed by atoms with E-state index < -0.39 is 11.8 Å². The Morgan fingerprint density at radius 2 is 1.80 bits per heavy atom. The van der Waals surface area contributed by atoms with Crippen molar-refractivity contribution in [2.75, 3.05) is 5.32 Å². The standard InChI is InChI=1S/C26H28N4O5/c1-26(2,3)17-7-9-18(10-8-17)34-16-20-11-12-22(35-20)24(31)28-21-15-30(4)29-23(21)25(32)27-14-19-6-5-13-33-19/h5-13,15H,14,16H2,1-4H3,(H,27,32)(H,28,31). The minimum absolute atomic E-state index is 0.0655. The van der Waals surface area contributed by atoms with Crippen LogP contribution in [0.3, 0.4) is 0 Å². The van der Waals surface area contributed by atoms with Crippen LogP contribution in [0.5, 0.6) is 5.75 Å². The summed E-state index contributed by atoms with van der Waals surface area (Å²) in [6, 6.07) is 14.6. The molecule has 0 fully saturated rings. The van der Waals surface area contributed by atoms with Gasteiger partial charge in [-0.15, -0.1) is 0 Å². The summed E-state index contributed by atoms with van der Waals surface area (Å²) in [5.74, 6) is 0.966. The van der Waals surface area contributed by atoms with Gasteiger partial charge in [0.2, 0.25) is 0 Å². The average Bonchev–Trinajstić information content (AvgIpc) is 3.57. The zero-order valence-corrected chi connectivity index (χ0v) is 20.1. The molecule has 0 unspecified atom stereocenters. The van der Waals surface area contributed by atoms with E-state index in [0.29, 0.717) is 17.3 Å². The molecule has 0 spiro atoms. The number of amides is 2. The van der Waals surface area contributed by atoms with E-state index in [0.717, 1.165) is 0 Å². The lowest BCUT2D eigenvalue weighted by atomic mass is 9.87. The van der Waals surface area contributed by atoms with E-state index in [1.807, 2.05) is 24.3 Å². The highest BCUT2D eigenvalue weighted by Crippen LogP contribution is 2.25. The highest BCUT2D eigenvalue weighted by Gasteiger charge is 2.20. The first-order chi connectivity index (χ1) is 16.7. The molecule has 2 N–H and O–H groups in total. The van der Waals surface area contributed by atoms with E-state index in [-0.39, 0.29) is 35.7 Å². The van der Waals surface area contributed by atoms with Crippen LogP contribution in [0.2, 0.25) is 0 Å². The molecular weight excluding hydrogens is 448 g/mol. The van der Waals surface area contributed by atoms with Crippen LogP contribution in [0, 0.1) is 0 Å². The van der Waals surface area contributed by atoms with Crippen LogP contribution < -0.4 is 15.4 Å². The molecule has 182 valence electrons. The molecule has 35 heavy (non-hydrogen) atoms. The summed E-state index contributed by atoms with van der Waals surface area (Å²) in [5, 5.41) is 9.56. The molecule has 0 saturated carbocycles. The number of rotatable bonds is 8. The molecule has 9 nitrogen and oxygen atoms in total. The molecule has 4 aromatic rings. The molecule has 0 bridgehead atoms. The van der Waals surface area contributed by atoms with E-state index >= 15 is 0 Å². The van der Waals surface area contributed by atoms with Gasteiger partial charge in [-0.05, 0) is 47.4 Å². The molecule has 4 rings (SSSR count). The molecule has 3 aromatic heterocycles. The lowest BCUT2D eigenvalue weighted by molar-refractivity contribution is 0.0943. The van der Waals surface area contributed by atoms with Crippen molar-refractivity contribution in [1.29, 1.82) is 0 Å². The Balaban J connectivity index is 1.35. The zero-order valence-electron chi connectivity index (χ0n) is 20.1. The topological polar surface area (TPSA) is 112 Å². The number of hydrogen-bond acceptors (Lipinski definition) is 6. The molecule has 0 aliphatic rings. The normalized spacial score (nSPS) is 11.3. The van der Waals surface area contributed by atoms with Crippen molar-refractivity contribution in [2.24, 2.45) is 7.05 Å². The van der Waals surface area contributed by atoms with Gasteiger partial charge in [-0.2, -0.15) is 5.10 Å². The number of carbonyl (C=O) groups excluding carboxylic acids is 2. The molecule has 9 heteroatoms. The monoisotopic (exact) mass is 476 g/mol. The Hall–Kier alpha value is -4.27. The minimum atomic E-state index is -0.501. The maximum atomic E-state index is 12.7. The second-order valence-corrected chi connectivity index (χ2v) is 9.11. The van der Waals surface area contributed by atoms with Crippen LogP contribution in [0.4, 0.5) is 5.69 Å². The van der Waals surface area contributed by atoms with Crippen molar-refractivity contribution >= 4 is 17.5 Å². The first-order valence-corrected chi connectivity index (χ1v) is 11.2. The third-order valence-electron chi connectivity index (χ3n) is 5.28. The Bertz CT molecular complexity index is 1290. The first kappa shape index (κ1) is 23.9. The summed E-state index contributed by atoms with van der Waals surface area (Å²) in [4.78, 5) is 25.3. The predicted octanol–water partition coefficient (Wildman–Crippen LogP) is 4.66. The van der Waals surface area contributed by atoms with Crippen LogP contribution in [0.25, 0.3) is 0 Å². The van der Waals surface area contributed by atoms with Gasteiger partial charge in [-0.3, -0.25) is 14.3 Å². The fraction of sp³-hybridized carbons (Fsp3) is 0.269. The summed E-state index contributed by atoms with van der Waals surface area (Å²) < 4.78 is 18.1. The zero-order chi connectivity index (χ0) is 25.0. The fourth-order valence-corrected chi connectivity index (χ4v) is 3.38. The highest BCUT2D eigenvalue weighted by molar-refractivity contribution is 6.07. The highest BCUT2D eigenvalue weighted by atomic mass is 16.5. The third kappa shape index (κ3) is 6.00. The second-order valence-electron chi connectivity index (χ2n) is 9.11. The van der Waals surface area contributed by atoms with Gasteiger partial charge in [-0.25, -0.2) is 0 Å². The molecular formula is C26H28N4O5. The smallest absolute Gasteiger partial charge is 0.291 e. The average molecular weight is 477 g/mol. The number of anilines is 1. The van der Waals surface area contributed by atoms with Crippen molar-refractivity contribution in [3.63, 3.8) is 0 Å². The van der Waals surface area contributed by atoms with E-state index in [4.69, 9.17) is 13.6 Å². The molecule has 0 saturated heterocycles. The number of aryl methyl sites for hydroxylation is 1. The van der Waals surface area contributed by atoms with Gasteiger partial charge in [0.05, 0.1) is 18.5 Å². The molecule has 0 aliphatic carbocycles. The number of carbonyl (C=O) groups is 2. The van der Waals surface area contributed by atoms with Crippen molar-refractivity contribution in [2.45, 2.75) is 39.3 Å². The summed E-state index contributed by atoms with van der Waals surface area (Å²) in [6.07, 6.45) is 3.08. The van der Waals surface area contributed by atoms with Gasteiger partial charge in [0, 0.05) is 13.2 Å². The van der Waals surface area contributed by atoms with Crippen LogP contribution in [-0.4, -0.2) is 21.6 Å². The van der Waals surface area contributed by atoms with E-state index in [1.165, 1.54) is 16.5 Å². The number of nitrogens with one attached hydrogen (secondary N) is 2.